The van der Waals surface area contributed by atoms with Gasteiger partial charge in [-0.2, -0.15) is 10.5 Å². The first-order valence-electron chi connectivity index (χ1n) is 6.83. The summed E-state index contributed by atoms with van der Waals surface area (Å²) >= 11 is 0. The quantitative estimate of drug-likeness (QED) is 0.840. The molecule has 1 aliphatic heterocycles. The first-order valence-corrected chi connectivity index (χ1v) is 6.83. The van der Waals surface area contributed by atoms with Gasteiger partial charge in [0.15, 0.2) is 0 Å². The van der Waals surface area contributed by atoms with Crippen molar-refractivity contribution in [1.29, 1.82) is 10.5 Å². The van der Waals surface area contributed by atoms with Crippen LogP contribution < -0.4 is 0 Å². The maximum absolute atomic E-state index is 9.35. The molecule has 0 bridgehead atoms. The van der Waals surface area contributed by atoms with Crippen molar-refractivity contribution < 1.29 is 0 Å². The van der Waals surface area contributed by atoms with Gasteiger partial charge in [0.05, 0.1) is 17.7 Å². The number of hydrogen-bond donors (Lipinski definition) is 0. The van der Waals surface area contributed by atoms with Crippen LogP contribution in [-0.4, -0.2) is 11.8 Å². The molecule has 0 radical (unpaired) electrons. The number of rotatable bonds is 2. The van der Waals surface area contributed by atoms with Crippen LogP contribution in [0.5, 0.6) is 0 Å². The predicted octanol–water partition coefficient (Wildman–Crippen LogP) is 3.43. The molecule has 0 aliphatic carbocycles. The monoisotopic (exact) mass is 271 g/mol. The number of hydrogen-bond acceptors (Lipinski definition) is 3. The number of nitrogens with zero attached hydrogens (tertiary/aromatic N) is 3. The van der Waals surface area contributed by atoms with Crippen molar-refractivity contribution >= 4 is 5.71 Å². The van der Waals surface area contributed by atoms with E-state index in [-0.39, 0.29) is 12.0 Å². The SMILES string of the molecule is N#Cc1ccc([C@H]2CC(c3ccccc3)=N[C@H]2C#N)cc1. The Labute approximate surface area is 123 Å². The van der Waals surface area contributed by atoms with E-state index < -0.39 is 0 Å². The van der Waals surface area contributed by atoms with Gasteiger partial charge in [-0.1, -0.05) is 42.5 Å². The molecule has 0 N–H and O–H groups in total. The van der Waals surface area contributed by atoms with Crippen molar-refractivity contribution in [3.63, 3.8) is 0 Å². The first-order chi connectivity index (χ1) is 10.3. The molecule has 0 amide bonds. The summed E-state index contributed by atoms with van der Waals surface area (Å²) in [5.74, 6) is 0.0675. The lowest BCUT2D eigenvalue weighted by atomic mass is 9.89. The molecule has 2 aromatic carbocycles. The van der Waals surface area contributed by atoms with Crippen LogP contribution >= 0.6 is 0 Å². The molecule has 2 aromatic rings. The molecule has 1 aliphatic rings. The molecule has 3 heteroatoms. The maximum atomic E-state index is 9.35. The van der Waals surface area contributed by atoms with E-state index in [0.29, 0.717) is 5.56 Å². The van der Waals surface area contributed by atoms with Crippen LogP contribution in [0.3, 0.4) is 0 Å². The van der Waals surface area contributed by atoms with Gasteiger partial charge in [-0.25, -0.2) is 0 Å². The maximum Gasteiger partial charge on any atom is 0.144 e. The van der Waals surface area contributed by atoms with Crippen LogP contribution in [0.4, 0.5) is 0 Å². The molecule has 2 atom stereocenters. The lowest BCUT2D eigenvalue weighted by Crippen LogP contribution is -2.10. The summed E-state index contributed by atoms with van der Waals surface area (Å²) in [7, 11) is 0. The highest BCUT2D eigenvalue weighted by atomic mass is 14.8. The standard InChI is InChI=1S/C18H13N3/c19-11-13-6-8-14(9-7-13)16-10-17(21-18(16)12-20)15-4-2-1-3-5-15/h1-9,16,18H,10H2/t16-,18+/m1/s1. The van der Waals surface area contributed by atoms with Crippen LogP contribution in [0, 0.1) is 22.7 Å². The molecular weight excluding hydrogens is 258 g/mol. The Balaban J connectivity index is 1.89. The van der Waals surface area contributed by atoms with Gasteiger partial charge < -0.3 is 0 Å². The number of nitriles is 2. The largest absolute Gasteiger partial charge is 0.270 e. The number of aliphatic imine (C=N–C) groups is 1. The minimum Gasteiger partial charge on any atom is -0.270 e. The fourth-order valence-corrected chi connectivity index (χ4v) is 2.68. The molecule has 3 nitrogen and oxygen atoms in total. The third-order valence-corrected chi connectivity index (χ3v) is 3.80. The van der Waals surface area contributed by atoms with Gasteiger partial charge in [0.1, 0.15) is 6.04 Å². The minimum atomic E-state index is -0.354. The summed E-state index contributed by atoms with van der Waals surface area (Å²) in [5, 5.41) is 18.2. The van der Waals surface area contributed by atoms with E-state index >= 15 is 0 Å². The number of benzene rings is 2. The van der Waals surface area contributed by atoms with Crippen LogP contribution in [-0.2, 0) is 0 Å². The Morgan fingerprint density at radius 1 is 0.952 bits per heavy atom. The van der Waals surface area contributed by atoms with Crippen molar-refractivity contribution in [3.8, 4) is 12.1 Å². The van der Waals surface area contributed by atoms with Crippen molar-refractivity contribution in [2.24, 2.45) is 4.99 Å². The highest BCUT2D eigenvalue weighted by Crippen LogP contribution is 2.33. The summed E-state index contributed by atoms with van der Waals surface area (Å²) in [6.45, 7) is 0. The fraction of sp³-hybridized carbons (Fsp3) is 0.167. The third kappa shape index (κ3) is 2.55. The smallest absolute Gasteiger partial charge is 0.144 e. The second kappa shape index (κ2) is 5.61. The average Bonchev–Trinajstić information content (AvgIpc) is 3.00. The van der Waals surface area contributed by atoms with E-state index in [9.17, 15) is 5.26 Å². The summed E-state index contributed by atoms with van der Waals surface area (Å²) in [4.78, 5) is 4.57. The van der Waals surface area contributed by atoms with E-state index in [4.69, 9.17) is 5.26 Å². The van der Waals surface area contributed by atoms with Gasteiger partial charge >= 0.3 is 0 Å². The Morgan fingerprint density at radius 2 is 1.67 bits per heavy atom. The second-order valence-corrected chi connectivity index (χ2v) is 5.06. The van der Waals surface area contributed by atoms with E-state index in [1.807, 2.05) is 42.5 Å². The van der Waals surface area contributed by atoms with Crippen molar-refractivity contribution in [2.75, 3.05) is 0 Å². The Morgan fingerprint density at radius 3 is 2.29 bits per heavy atom. The molecule has 0 saturated carbocycles. The van der Waals surface area contributed by atoms with Gasteiger partial charge in [-0.15, -0.1) is 0 Å². The van der Waals surface area contributed by atoms with E-state index in [0.717, 1.165) is 23.3 Å². The van der Waals surface area contributed by atoms with Gasteiger partial charge in [0.2, 0.25) is 0 Å². The van der Waals surface area contributed by atoms with Crippen LogP contribution in [0.2, 0.25) is 0 Å². The molecule has 100 valence electrons. The zero-order chi connectivity index (χ0) is 14.7. The molecule has 0 unspecified atom stereocenters. The van der Waals surface area contributed by atoms with Crippen LogP contribution in [0.25, 0.3) is 0 Å². The molecule has 0 saturated heterocycles. The molecule has 0 aromatic heterocycles. The van der Waals surface area contributed by atoms with Crippen molar-refractivity contribution in [3.05, 3.63) is 71.3 Å². The topological polar surface area (TPSA) is 59.9 Å². The summed E-state index contributed by atoms with van der Waals surface area (Å²) in [6, 6.07) is 21.5. The average molecular weight is 271 g/mol. The highest BCUT2D eigenvalue weighted by Gasteiger charge is 2.30. The van der Waals surface area contributed by atoms with E-state index in [1.54, 1.807) is 12.1 Å². The van der Waals surface area contributed by atoms with Crippen molar-refractivity contribution in [2.45, 2.75) is 18.4 Å². The first kappa shape index (κ1) is 13.1. The Hall–Kier alpha value is -2.91. The zero-order valence-corrected chi connectivity index (χ0v) is 11.4. The normalized spacial score (nSPS) is 20.4. The zero-order valence-electron chi connectivity index (χ0n) is 11.4. The van der Waals surface area contributed by atoms with E-state index in [2.05, 4.69) is 17.1 Å². The molecule has 0 fully saturated rings. The highest BCUT2D eigenvalue weighted by molar-refractivity contribution is 6.02. The van der Waals surface area contributed by atoms with Gasteiger partial charge in [-0.3, -0.25) is 4.99 Å². The lowest BCUT2D eigenvalue weighted by molar-refractivity contribution is 0.687. The second-order valence-electron chi connectivity index (χ2n) is 5.06. The Bertz CT molecular complexity index is 746. The fourth-order valence-electron chi connectivity index (χ4n) is 2.68. The van der Waals surface area contributed by atoms with Gasteiger partial charge in [0.25, 0.3) is 0 Å². The molecular formula is C18H13N3. The Kier molecular flexibility index (Phi) is 3.50. The minimum absolute atomic E-state index is 0.0675. The molecule has 1 heterocycles. The van der Waals surface area contributed by atoms with Crippen LogP contribution in [0.15, 0.2) is 59.6 Å². The summed E-state index contributed by atoms with van der Waals surface area (Å²) in [6.07, 6.45) is 0.758. The summed E-state index contributed by atoms with van der Waals surface area (Å²) < 4.78 is 0. The lowest BCUT2D eigenvalue weighted by Gasteiger charge is -2.12. The van der Waals surface area contributed by atoms with Crippen LogP contribution in [0.1, 0.15) is 29.0 Å². The van der Waals surface area contributed by atoms with Gasteiger partial charge in [0, 0.05) is 11.6 Å². The third-order valence-electron chi connectivity index (χ3n) is 3.80. The van der Waals surface area contributed by atoms with Gasteiger partial charge in [-0.05, 0) is 29.7 Å². The molecule has 3 rings (SSSR count). The van der Waals surface area contributed by atoms with Crippen molar-refractivity contribution in [1.82, 2.24) is 0 Å². The van der Waals surface area contributed by atoms with E-state index in [1.165, 1.54) is 0 Å². The molecule has 0 spiro atoms. The molecule has 21 heavy (non-hydrogen) atoms. The predicted molar refractivity (Wildman–Crippen MR) is 80.9 cm³/mol. The summed E-state index contributed by atoms with van der Waals surface area (Å²) in [5.41, 5.74) is 3.76.